The van der Waals surface area contributed by atoms with Gasteiger partial charge in [0.25, 0.3) is 0 Å². The molecule has 1 aliphatic rings. The van der Waals surface area contributed by atoms with E-state index in [2.05, 4.69) is 22.1 Å². The molecule has 2 aromatic heterocycles. The van der Waals surface area contributed by atoms with Crippen molar-refractivity contribution in [2.45, 2.75) is 50.2 Å². The summed E-state index contributed by atoms with van der Waals surface area (Å²) in [5.41, 5.74) is 1.60. The van der Waals surface area contributed by atoms with Gasteiger partial charge in [-0.2, -0.15) is 0 Å². The zero-order valence-corrected chi connectivity index (χ0v) is 20.2. The summed E-state index contributed by atoms with van der Waals surface area (Å²) in [4.78, 5) is 19.3. The van der Waals surface area contributed by atoms with Gasteiger partial charge in [0.2, 0.25) is 5.91 Å². The Morgan fingerprint density at radius 1 is 1.16 bits per heavy atom. The molecule has 0 N–H and O–H groups in total. The topological polar surface area (TPSA) is 63.9 Å². The molecule has 32 heavy (non-hydrogen) atoms. The van der Waals surface area contributed by atoms with Crippen LogP contribution in [-0.2, 0) is 4.79 Å². The van der Waals surface area contributed by atoms with Gasteiger partial charge in [0.05, 0.1) is 21.5 Å². The first-order valence-electron chi connectivity index (χ1n) is 10.8. The van der Waals surface area contributed by atoms with E-state index in [1.165, 1.54) is 31.0 Å². The van der Waals surface area contributed by atoms with Gasteiger partial charge in [-0.1, -0.05) is 54.2 Å². The lowest BCUT2D eigenvalue weighted by Crippen LogP contribution is -2.42. The Bertz CT molecular complexity index is 1070. The second-order valence-corrected chi connectivity index (χ2v) is 9.50. The number of hydrogen-bond donors (Lipinski definition) is 0. The number of carbonyl (C=O) groups excluding carboxylic acids is 1. The van der Waals surface area contributed by atoms with Crippen molar-refractivity contribution in [1.29, 1.82) is 0 Å². The zero-order valence-electron chi connectivity index (χ0n) is 17.9. The Kier molecular flexibility index (Phi) is 7.71. The van der Waals surface area contributed by atoms with E-state index in [9.17, 15) is 4.79 Å². The van der Waals surface area contributed by atoms with Crippen LogP contribution in [0.5, 0.6) is 0 Å². The third kappa shape index (κ3) is 5.11. The van der Waals surface area contributed by atoms with Crippen molar-refractivity contribution in [2.75, 3.05) is 12.3 Å². The molecule has 0 atom stereocenters. The maximum absolute atomic E-state index is 13.1. The Hall–Kier alpha value is -2.09. The molecule has 0 saturated heterocycles. The first-order chi connectivity index (χ1) is 15.6. The van der Waals surface area contributed by atoms with Crippen LogP contribution in [0.1, 0.15) is 39.0 Å². The van der Waals surface area contributed by atoms with Gasteiger partial charge in [-0.25, -0.2) is 0 Å². The smallest absolute Gasteiger partial charge is 0.233 e. The van der Waals surface area contributed by atoms with Crippen LogP contribution in [0.2, 0.25) is 10.0 Å². The highest BCUT2D eigenvalue weighted by Gasteiger charge is 2.25. The molecule has 2 heterocycles. The highest BCUT2D eigenvalue weighted by molar-refractivity contribution is 7.99. The Morgan fingerprint density at radius 3 is 2.66 bits per heavy atom. The van der Waals surface area contributed by atoms with Gasteiger partial charge in [-0.15, -0.1) is 10.2 Å². The normalized spacial score (nSPS) is 14.5. The molecule has 168 valence electrons. The van der Waals surface area contributed by atoms with Gasteiger partial charge in [0.15, 0.2) is 11.0 Å². The van der Waals surface area contributed by atoms with E-state index in [0.29, 0.717) is 32.8 Å². The van der Waals surface area contributed by atoms with Crippen molar-refractivity contribution < 1.29 is 4.79 Å². The van der Waals surface area contributed by atoms with E-state index in [4.69, 9.17) is 23.2 Å². The number of carbonyl (C=O) groups is 1. The summed E-state index contributed by atoms with van der Waals surface area (Å²) in [5, 5.41) is 10.3. The third-order valence-electron chi connectivity index (χ3n) is 5.72. The average molecular weight is 490 g/mol. The number of amides is 1. The van der Waals surface area contributed by atoms with Gasteiger partial charge >= 0.3 is 0 Å². The minimum absolute atomic E-state index is 0.135. The SMILES string of the molecule is CCN(C(=O)CSc1nnc(-c2cccnc2)n1-c1ccc(Cl)c(Cl)c1)C1CCCCC1. The Balaban J connectivity index is 1.61. The number of benzene rings is 1. The van der Waals surface area contributed by atoms with Gasteiger partial charge in [-0.3, -0.25) is 14.3 Å². The molecule has 0 bridgehead atoms. The predicted octanol–water partition coefficient (Wildman–Crippen LogP) is 5.91. The van der Waals surface area contributed by atoms with Crippen LogP contribution < -0.4 is 0 Å². The number of pyridine rings is 1. The molecule has 1 saturated carbocycles. The summed E-state index contributed by atoms with van der Waals surface area (Å²) in [6, 6.07) is 9.51. The first-order valence-corrected chi connectivity index (χ1v) is 12.6. The highest BCUT2D eigenvalue weighted by Crippen LogP contribution is 2.31. The van der Waals surface area contributed by atoms with E-state index < -0.39 is 0 Å². The number of aromatic nitrogens is 4. The van der Waals surface area contributed by atoms with E-state index in [1.54, 1.807) is 24.5 Å². The predicted molar refractivity (Wildman–Crippen MR) is 130 cm³/mol. The lowest BCUT2D eigenvalue weighted by molar-refractivity contribution is -0.131. The molecule has 4 rings (SSSR count). The molecule has 3 aromatic rings. The van der Waals surface area contributed by atoms with E-state index in [-0.39, 0.29) is 5.91 Å². The van der Waals surface area contributed by atoms with Crippen molar-refractivity contribution in [3.05, 3.63) is 52.8 Å². The van der Waals surface area contributed by atoms with Crippen LogP contribution in [-0.4, -0.2) is 48.9 Å². The van der Waals surface area contributed by atoms with Gasteiger partial charge in [0, 0.05) is 30.5 Å². The molecule has 1 aliphatic carbocycles. The van der Waals surface area contributed by atoms with Gasteiger partial charge in [-0.05, 0) is 50.1 Å². The Labute approximate surface area is 202 Å². The van der Waals surface area contributed by atoms with Gasteiger partial charge < -0.3 is 4.90 Å². The molecule has 9 heteroatoms. The maximum Gasteiger partial charge on any atom is 0.233 e. The maximum atomic E-state index is 13.1. The van der Waals surface area contributed by atoms with E-state index >= 15 is 0 Å². The van der Waals surface area contributed by atoms with Crippen LogP contribution in [0.15, 0.2) is 47.9 Å². The van der Waals surface area contributed by atoms with Crippen LogP contribution in [0.3, 0.4) is 0 Å². The minimum Gasteiger partial charge on any atom is -0.339 e. The van der Waals surface area contributed by atoms with Crippen molar-refractivity contribution in [3.63, 3.8) is 0 Å². The molecule has 0 radical (unpaired) electrons. The standard InChI is InChI=1S/C23H25Cl2N5OS/c1-2-29(17-8-4-3-5-9-17)21(31)15-32-23-28-27-22(16-7-6-12-26-14-16)30(23)18-10-11-19(24)20(25)13-18/h6-7,10-14,17H,2-5,8-9,15H2,1H3. The fourth-order valence-corrected chi connectivity index (χ4v) is 5.27. The summed E-state index contributed by atoms with van der Waals surface area (Å²) in [7, 11) is 0. The third-order valence-corrected chi connectivity index (χ3v) is 7.37. The first kappa shape index (κ1) is 23.1. The van der Waals surface area contributed by atoms with Crippen molar-refractivity contribution in [2.24, 2.45) is 0 Å². The van der Waals surface area contributed by atoms with Crippen LogP contribution in [0.25, 0.3) is 17.1 Å². The van der Waals surface area contributed by atoms with Crippen molar-refractivity contribution >= 4 is 40.9 Å². The number of rotatable bonds is 7. The molecule has 0 aliphatic heterocycles. The summed E-state index contributed by atoms with van der Waals surface area (Å²) < 4.78 is 1.90. The van der Waals surface area contributed by atoms with Crippen LogP contribution in [0.4, 0.5) is 0 Å². The second-order valence-electron chi connectivity index (χ2n) is 7.74. The highest BCUT2D eigenvalue weighted by atomic mass is 35.5. The van der Waals surface area contributed by atoms with Crippen molar-refractivity contribution in [3.8, 4) is 17.1 Å². The molecule has 1 amide bonds. The van der Waals surface area contributed by atoms with Crippen LogP contribution in [0, 0.1) is 0 Å². The lowest BCUT2D eigenvalue weighted by Gasteiger charge is -2.33. The number of nitrogens with zero attached hydrogens (tertiary/aromatic N) is 5. The minimum atomic E-state index is 0.135. The molecule has 1 fully saturated rings. The fourth-order valence-electron chi connectivity index (χ4n) is 4.14. The monoisotopic (exact) mass is 489 g/mol. The largest absolute Gasteiger partial charge is 0.339 e. The number of thioether (sulfide) groups is 1. The quantitative estimate of drug-likeness (QED) is 0.386. The fraction of sp³-hybridized carbons (Fsp3) is 0.391. The van der Waals surface area contributed by atoms with Crippen molar-refractivity contribution in [1.82, 2.24) is 24.6 Å². The summed E-state index contributed by atoms with van der Waals surface area (Å²) in [6.07, 6.45) is 9.29. The van der Waals surface area contributed by atoms with E-state index in [1.807, 2.05) is 27.7 Å². The van der Waals surface area contributed by atoms with E-state index in [0.717, 1.165) is 30.6 Å². The second kappa shape index (κ2) is 10.7. The molecule has 6 nitrogen and oxygen atoms in total. The molecular formula is C23H25Cl2N5OS. The Morgan fingerprint density at radius 2 is 1.97 bits per heavy atom. The van der Waals surface area contributed by atoms with Crippen LogP contribution >= 0.6 is 35.0 Å². The van der Waals surface area contributed by atoms with Gasteiger partial charge in [0.1, 0.15) is 0 Å². The summed E-state index contributed by atoms with van der Waals surface area (Å²) >= 11 is 13.8. The number of hydrogen-bond acceptors (Lipinski definition) is 5. The summed E-state index contributed by atoms with van der Waals surface area (Å²) in [5.74, 6) is 1.07. The molecule has 0 spiro atoms. The zero-order chi connectivity index (χ0) is 22.5. The molecular weight excluding hydrogens is 465 g/mol. The molecule has 0 unspecified atom stereocenters. The average Bonchev–Trinajstić information content (AvgIpc) is 3.25. The summed E-state index contributed by atoms with van der Waals surface area (Å²) in [6.45, 7) is 2.78. The number of halogens is 2. The molecule has 1 aromatic carbocycles. The lowest BCUT2D eigenvalue weighted by atomic mass is 9.94.